The summed E-state index contributed by atoms with van der Waals surface area (Å²) in [7, 11) is 1.53. The van der Waals surface area contributed by atoms with Crippen LogP contribution in [0.4, 0.5) is 4.39 Å². The molecule has 1 aliphatic rings. The Labute approximate surface area is 112 Å². The van der Waals surface area contributed by atoms with Crippen molar-refractivity contribution >= 4 is 5.97 Å². The molecule has 0 aromatic heterocycles. The van der Waals surface area contributed by atoms with Gasteiger partial charge in [0.15, 0.2) is 0 Å². The van der Waals surface area contributed by atoms with E-state index in [1.807, 2.05) is 6.92 Å². The van der Waals surface area contributed by atoms with Crippen molar-refractivity contribution in [2.24, 2.45) is 0 Å². The van der Waals surface area contributed by atoms with Gasteiger partial charge in [-0.2, -0.15) is 0 Å². The summed E-state index contributed by atoms with van der Waals surface area (Å²) in [6.07, 6.45) is 2.38. The van der Waals surface area contributed by atoms with Crippen molar-refractivity contribution in [1.82, 2.24) is 0 Å². The van der Waals surface area contributed by atoms with Crippen molar-refractivity contribution in [1.29, 1.82) is 0 Å². The second kappa shape index (κ2) is 4.83. The largest absolute Gasteiger partial charge is 0.496 e. The molecule has 0 radical (unpaired) electrons. The molecule has 19 heavy (non-hydrogen) atoms. The number of carbonyl (C=O) groups is 1. The van der Waals surface area contributed by atoms with Crippen LogP contribution in [0.25, 0.3) is 0 Å². The number of ether oxygens (including phenoxy) is 1. The lowest BCUT2D eigenvalue weighted by Gasteiger charge is -2.21. The molecule has 0 heterocycles. The summed E-state index contributed by atoms with van der Waals surface area (Å²) < 4.78 is 19.3. The predicted molar refractivity (Wildman–Crippen MR) is 70.2 cm³/mol. The molecule has 0 bridgehead atoms. The van der Waals surface area contributed by atoms with E-state index in [2.05, 4.69) is 0 Å². The standard InChI is InChI=1S/C15H19FO3/c1-4-10-11(15(5-6-15)8-13(17)18)7-12(16)9(2)14(10)19-3/h7H,4-6,8H2,1-3H3,(H,17,18). The molecule has 0 unspecified atom stereocenters. The number of benzene rings is 1. The maximum absolute atomic E-state index is 14.0. The molecule has 0 atom stereocenters. The van der Waals surface area contributed by atoms with Gasteiger partial charge in [0.2, 0.25) is 0 Å². The molecule has 1 fully saturated rings. The number of carboxylic acid groups (broad SMARTS) is 1. The second-order valence-corrected chi connectivity index (χ2v) is 5.25. The van der Waals surface area contributed by atoms with Crippen molar-refractivity contribution in [2.45, 2.75) is 44.9 Å². The van der Waals surface area contributed by atoms with Gasteiger partial charge in [-0.25, -0.2) is 4.39 Å². The average Bonchev–Trinajstić information content (AvgIpc) is 3.11. The Morgan fingerprint density at radius 3 is 2.58 bits per heavy atom. The minimum atomic E-state index is -0.834. The molecule has 1 saturated carbocycles. The van der Waals surface area contributed by atoms with Crippen molar-refractivity contribution in [3.05, 3.63) is 28.6 Å². The van der Waals surface area contributed by atoms with Gasteiger partial charge in [0.1, 0.15) is 11.6 Å². The maximum atomic E-state index is 14.0. The third-order valence-electron chi connectivity index (χ3n) is 4.04. The summed E-state index contributed by atoms with van der Waals surface area (Å²) >= 11 is 0. The van der Waals surface area contributed by atoms with Crippen molar-refractivity contribution in [3.8, 4) is 5.75 Å². The molecule has 0 spiro atoms. The number of rotatable bonds is 5. The molecule has 1 aromatic carbocycles. The van der Waals surface area contributed by atoms with Crippen molar-refractivity contribution in [2.75, 3.05) is 7.11 Å². The molecule has 104 valence electrons. The van der Waals surface area contributed by atoms with Crippen LogP contribution in [0, 0.1) is 12.7 Å². The van der Waals surface area contributed by atoms with Crippen LogP contribution < -0.4 is 4.74 Å². The highest BCUT2D eigenvalue weighted by molar-refractivity contribution is 5.70. The molecule has 0 aliphatic heterocycles. The molecule has 0 amide bonds. The third kappa shape index (κ3) is 2.31. The van der Waals surface area contributed by atoms with Gasteiger partial charge in [-0.15, -0.1) is 0 Å². The Bertz CT molecular complexity index is 519. The van der Waals surface area contributed by atoms with Crippen LogP contribution in [0.15, 0.2) is 6.07 Å². The van der Waals surface area contributed by atoms with Gasteiger partial charge in [-0.05, 0) is 43.4 Å². The minimum absolute atomic E-state index is 0.0612. The van der Waals surface area contributed by atoms with Gasteiger partial charge in [0, 0.05) is 11.0 Å². The van der Waals surface area contributed by atoms with Crippen LogP contribution in [0.3, 0.4) is 0 Å². The SMILES string of the molecule is CCc1c(C2(CC(=O)O)CC2)cc(F)c(C)c1OC. The number of hydrogen-bond donors (Lipinski definition) is 1. The maximum Gasteiger partial charge on any atom is 0.304 e. The molecule has 0 saturated heterocycles. The van der Waals surface area contributed by atoms with E-state index < -0.39 is 5.97 Å². The van der Waals surface area contributed by atoms with E-state index in [4.69, 9.17) is 9.84 Å². The lowest BCUT2D eigenvalue weighted by Crippen LogP contribution is -2.16. The normalized spacial score (nSPS) is 16.2. The summed E-state index contributed by atoms with van der Waals surface area (Å²) in [5.41, 5.74) is 1.87. The van der Waals surface area contributed by atoms with Gasteiger partial charge in [-0.3, -0.25) is 4.79 Å². The summed E-state index contributed by atoms with van der Waals surface area (Å²) in [5, 5.41) is 9.04. The van der Waals surface area contributed by atoms with Crippen molar-refractivity contribution < 1.29 is 19.0 Å². The summed E-state index contributed by atoms with van der Waals surface area (Å²) in [6, 6.07) is 1.51. The first-order valence-electron chi connectivity index (χ1n) is 6.53. The molecular formula is C15H19FO3. The van der Waals surface area contributed by atoms with Crippen LogP contribution in [-0.2, 0) is 16.6 Å². The van der Waals surface area contributed by atoms with E-state index in [9.17, 15) is 9.18 Å². The van der Waals surface area contributed by atoms with Gasteiger partial charge < -0.3 is 9.84 Å². The van der Waals surface area contributed by atoms with E-state index in [1.165, 1.54) is 13.2 Å². The quantitative estimate of drug-likeness (QED) is 0.890. The highest BCUT2D eigenvalue weighted by atomic mass is 19.1. The highest BCUT2D eigenvalue weighted by Crippen LogP contribution is 2.54. The second-order valence-electron chi connectivity index (χ2n) is 5.25. The number of carboxylic acids is 1. The first-order valence-corrected chi connectivity index (χ1v) is 6.53. The zero-order chi connectivity index (χ0) is 14.2. The van der Waals surface area contributed by atoms with Crippen LogP contribution >= 0.6 is 0 Å². The predicted octanol–water partition coefficient (Wildman–Crippen LogP) is 3.21. The topological polar surface area (TPSA) is 46.5 Å². The Kier molecular flexibility index (Phi) is 3.52. The average molecular weight is 266 g/mol. The van der Waals surface area contributed by atoms with Crippen LogP contribution in [0.5, 0.6) is 5.75 Å². The Balaban J connectivity index is 2.57. The van der Waals surface area contributed by atoms with E-state index in [1.54, 1.807) is 6.92 Å². The first-order chi connectivity index (χ1) is 8.95. The Morgan fingerprint density at radius 1 is 1.53 bits per heavy atom. The fraction of sp³-hybridized carbons (Fsp3) is 0.533. The monoisotopic (exact) mass is 266 g/mol. The van der Waals surface area contributed by atoms with E-state index >= 15 is 0 Å². The molecule has 3 nitrogen and oxygen atoms in total. The number of aliphatic carboxylic acids is 1. The van der Waals surface area contributed by atoms with E-state index in [0.29, 0.717) is 17.7 Å². The van der Waals surface area contributed by atoms with Gasteiger partial charge in [0.05, 0.1) is 13.5 Å². The Hall–Kier alpha value is -1.58. The van der Waals surface area contributed by atoms with Gasteiger partial charge in [-0.1, -0.05) is 6.92 Å². The van der Waals surface area contributed by atoms with E-state index in [0.717, 1.165) is 24.0 Å². The third-order valence-corrected chi connectivity index (χ3v) is 4.04. The smallest absolute Gasteiger partial charge is 0.304 e. The Morgan fingerprint density at radius 2 is 2.16 bits per heavy atom. The van der Waals surface area contributed by atoms with Crippen LogP contribution in [0.2, 0.25) is 0 Å². The molecule has 1 aromatic rings. The zero-order valence-corrected chi connectivity index (χ0v) is 11.5. The van der Waals surface area contributed by atoms with Gasteiger partial charge in [0.25, 0.3) is 0 Å². The lowest BCUT2D eigenvalue weighted by atomic mass is 9.86. The number of methoxy groups -OCH3 is 1. The summed E-state index contributed by atoms with van der Waals surface area (Å²) in [5.74, 6) is -0.589. The summed E-state index contributed by atoms with van der Waals surface area (Å²) in [4.78, 5) is 11.0. The molecule has 4 heteroatoms. The highest BCUT2D eigenvalue weighted by Gasteiger charge is 2.48. The van der Waals surface area contributed by atoms with E-state index in [-0.39, 0.29) is 17.7 Å². The zero-order valence-electron chi connectivity index (χ0n) is 11.5. The fourth-order valence-corrected chi connectivity index (χ4v) is 2.86. The van der Waals surface area contributed by atoms with Crippen molar-refractivity contribution in [3.63, 3.8) is 0 Å². The first kappa shape index (κ1) is 13.8. The molecule has 2 rings (SSSR count). The lowest BCUT2D eigenvalue weighted by molar-refractivity contribution is -0.137. The molecular weight excluding hydrogens is 247 g/mol. The number of halogens is 1. The molecule has 1 N–H and O–H groups in total. The van der Waals surface area contributed by atoms with Gasteiger partial charge >= 0.3 is 5.97 Å². The minimum Gasteiger partial charge on any atom is -0.496 e. The molecule has 1 aliphatic carbocycles. The van der Waals surface area contributed by atoms with Crippen LogP contribution in [-0.4, -0.2) is 18.2 Å². The fourth-order valence-electron chi connectivity index (χ4n) is 2.86. The summed E-state index contributed by atoms with van der Waals surface area (Å²) in [6.45, 7) is 3.67. The number of hydrogen-bond acceptors (Lipinski definition) is 2. The van der Waals surface area contributed by atoms with Crippen LogP contribution in [0.1, 0.15) is 42.9 Å².